The number of carbonyl (C=O) groups excluding carboxylic acids is 2. The summed E-state index contributed by atoms with van der Waals surface area (Å²) in [5.74, 6) is -2.16. The Morgan fingerprint density at radius 1 is 0.353 bits per heavy atom. The van der Waals surface area contributed by atoms with Crippen LogP contribution in [-0.2, 0) is 33.3 Å². The van der Waals surface area contributed by atoms with Gasteiger partial charge in [0.1, 0.15) is 13.2 Å². The molecule has 0 spiro atoms. The van der Waals surface area contributed by atoms with Gasteiger partial charge < -0.3 is 28.5 Å². The van der Waals surface area contributed by atoms with Gasteiger partial charge in [-0.1, -0.05) is 253 Å². The van der Waals surface area contributed by atoms with Gasteiger partial charge in [-0.25, -0.2) is 4.79 Å². The van der Waals surface area contributed by atoms with E-state index in [2.05, 4.69) is 208 Å². The molecule has 0 aliphatic carbocycles. The molecule has 2 unspecified atom stereocenters. The fourth-order valence-corrected chi connectivity index (χ4v) is 7.69. The third-order valence-electron chi connectivity index (χ3n) is 12.5. The van der Waals surface area contributed by atoms with Crippen molar-refractivity contribution in [2.75, 3.05) is 47.5 Å². The van der Waals surface area contributed by atoms with Gasteiger partial charge in [0.15, 0.2) is 6.10 Å². The average Bonchev–Trinajstić information content (AvgIpc) is 3.49. The summed E-state index contributed by atoms with van der Waals surface area (Å²) in [4.78, 5) is 37.4. The van der Waals surface area contributed by atoms with Gasteiger partial charge in [-0.05, 0) is 135 Å². The third-order valence-corrected chi connectivity index (χ3v) is 12.5. The van der Waals surface area contributed by atoms with Crippen molar-refractivity contribution in [2.24, 2.45) is 0 Å². The minimum Gasteiger partial charge on any atom is -0.477 e. The van der Waals surface area contributed by atoms with Crippen molar-refractivity contribution in [2.45, 2.75) is 206 Å². The fraction of sp³-hybridized carbons (Fsp3) is 0.513. The molecule has 0 aromatic rings. The van der Waals surface area contributed by atoms with Gasteiger partial charge >= 0.3 is 17.9 Å². The second-order valence-corrected chi connectivity index (χ2v) is 21.6. The zero-order valence-corrected chi connectivity index (χ0v) is 53.7. The number of allylic oxidation sites excluding steroid dienone is 34. The van der Waals surface area contributed by atoms with Gasteiger partial charge in [0.2, 0.25) is 0 Å². The lowest BCUT2D eigenvalue weighted by atomic mass is 10.1. The zero-order chi connectivity index (χ0) is 61.9. The van der Waals surface area contributed by atoms with Crippen LogP contribution in [0.5, 0.6) is 0 Å². The largest absolute Gasteiger partial charge is 0.477 e. The van der Waals surface area contributed by atoms with Crippen LogP contribution in [0.15, 0.2) is 207 Å². The first-order chi connectivity index (χ1) is 41.6. The number of ether oxygens (including phenoxy) is 4. The quantitative estimate of drug-likeness (QED) is 0.0211. The maximum atomic E-state index is 12.9. The molecule has 2 atom stereocenters. The summed E-state index contributed by atoms with van der Waals surface area (Å²) in [6.45, 7) is 4.51. The van der Waals surface area contributed by atoms with Crippen LogP contribution in [0.3, 0.4) is 0 Å². The lowest BCUT2D eigenvalue weighted by molar-refractivity contribution is -0.870. The lowest BCUT2D eigenvalue weighted by Gasteiger charge is -2.25. The highest BCUT2D eigenvalue weighted by molar-refractivity contribution is 5.71. The molecule has 0 aromatic carbocycles. The summed E-state index contributed by atoms with van der Waals surface area (Å²) in [5, 5.41) is 9.71. The van der Waals surface area contributed by atoms with Gasteiger partial charge in [-0.15, -0.1) is 0 Å². The Balaban J connectivity index is 4.29. The van der Waals surface area contributed by atoms with E-state index in [1.165, 1.54) is 12.8 Å². The number of carbonyl (C=O) groups is 3. The molecule has 0 heterocycles. The lowest BCUT2D eigenvalue weighted by Crippen LogP contribution is -2.40. The van der Waals surface area contributed by atoms with Crippen LogP contribution < -0.4 is 0 Å². The molecule has 0 bridgehead atoms. The van der Waals surface area contributed by atoms with E-state index in [4.69, 9.17) is 18.9 Å². The molecule has 9 heteroatoms. The van der Waals surface area contributed by atoms with Crippen molar-refractivity contribution < 1.29 is 42.9 Å². The number of likely N-dealkylation sites (N-methyl/N-ethyl adjacent to an activating group) is 1. The summed E-state index contributed by atoms with van der Waals surface area (Å²) >= 11 is 0. The number of unbranched alkanes of at least 4 members (excludes halogenated alkanes) is 7. The summed E-state index contributed by atoms with van der Waals surface area (Å²) in [6.07, 6.45) is 98.0. The van der Waals surface area contributed by atoms with Gasteiger partial charge in [0, 0.05) is 12.8 Å². The SMILES string of the molecule is CC/C=C\C/C=C\C/C=C\C/C=C\C/C=C\C/C=C\C/C=C\C/C=C\C/C=C\C/C=C\C/C=C\CCCCCCCCCC(=O)OC(COC(=O)CC/C=C\C/C=C\C/C=C\C/C=C\C/C=C\C/C=C\CC)COC(OCC[N+](C)(C)C)C(=O)O. The number of hydrogen-bond donors (Lipinski definition) is 1. The number of nitrogens with zero attached hydrogens (tertiary/aromatic N) is 1. The molecule has 472 valence electrons. The van der Waals surface area contributed by atoms with E-state index < -0.39 is 30.3 Å². The van der Waals surface area contributed by atoms with Crippen LogP contribution in [-0.4, -0.2) is 87.4 Å². The van der Waals surface area contributed by atoms with Crippen LogP contribution in [0.1, 0.15) is 194 Å². The first kappa shape index (κ1) is 78.9. The van der Waals surface area contributed by atoms with E-state index in [9.17, 15) is 19.5 Å². The maximum Gasteiger partial charge on any atom is 0.361 e. The number of carboxylic acids is 1. The van der Waals surface area contributed by atoms with E-state index >= 15 is 0 Å². The minimum absolute atomic E-state index is 0.162. The average molecular weight is 1170 g/mol. The van der Waals surface area contributed by atoms with Crippen molar-refractivity contribution in [3.63, 3.8) is 0 Å². The number of quaternary nitrogens is 1. The second-order valence-electron chi connectivity index (χ2n) is 21.6. The Kier molecular flexibility index (Phi) is 59.3. The number of hydrogen-bond acceptors (Lipinski definition) is 7. The highest BCUT2D eigenvalue weighted by Gasteiger charge is 2.25. The molecule has 0 amide bonds. The molecule has 85 heavy (non-hydrogen) atoms. The molecule has 0 rings (SSSR count). The van der Waals surface area contributed by atoms with Gasteiger partial charge in [0.25, 0.3) is 6.29 Å². The Bertz CT molecular complexity index is 2140. The van der Waals surface area contributed by atoms with Gasteiger partial charge in [-0.2, -0.15) is 0 Å². The van der Waals surface area contributed by atoms with E-state index in [0.29, 0.717) is 23.9 Å². The van der Waals surface area contributed by atoms with Crippen molar-refractivity contribution in [3.05, 3.63) is 207 Å². The van der Waals surface area contributed by atoms with Gasteiger partial charge in [-0.3, -0.25) is 9.59 Å². The Morgan fingerprint density at radius 2 is 0.659 bits per heavy atom. The van der Waals surface area contributed by atoms with Crippen molar-refractivity contribution in [1.82, 2.24) is 0 Å². The molecule has 0 aliphatic heterocycles. The van der Waals surface area contributed by atoms with Crippen molar-refractivity contribution >= 4 is 17.9 Å². The molecule has 0 fully saturated rings. The van der Waals surface area contributed by atoms with Crippen molar-refractivity contribution in [3.8, 4) is 0 Å². The molecule has 1 N–H and O–H groups in total. The minimum atomic E-state index is -1.54. The summed E-state index contributed by atoms with van der Waals surface area (Å²) in [5.41, 5.74) is 0. The summed E-state index contributed by atoms with van der Waals surface area (Å²) in [7, 11) is 5.93. The number of esters is 2. The van der Waals surface area contributed by atoms with Crippen LogP contribution in [0, 0.1) is 0 Å². The molecule has 9 nitrogen and oxygen atoms in total. The van der Waals surface area contributed by atoms with E-state index in [1.54, 1.807) is 0 Å². The Labute approximate surface area is 518 Å². The monoisotopic (exact) mass is 1170 g/mol. The Hall–Kier alpha value is -6.13. The normalized spacial score (nSPS) is 14.1. The van der Waals surface area contributed by atoms with Crippen LogP contribution in [0.25, 0.3) is 0 Å². The van der Waals surface area contributed by atoms with Crippen molar-refractivity contribution in [1.29, 1.82) is 0 Å². The summed E-state index contributed by atoms with van der Waals surface area (Å²) in [6, 6.07) is 0. The van der Waals surface area contributed by atoms with Crippen LogP contribution in [0.4, 0.5) is 0 Å². The maximum absolute atomic E-state index is 12.9. The second kappa shape index (κ2) is 63.9. The molecular formula is C76H116NO8+. The number of rotatable bonds is 56. The smallest absolute Gasteiger partial charge is 0.361 e. The highest BCUT2D eigenvalue weighted by Crippen LogP contribution is 2.13. The fourth-order valence-electron chi connectivity index (χ4n) is 7.69. The molecular weight excluding hydrogens is 1050 g/mol. The standard InChI is InChI=1S/C76H115NO8/c1-6-8-10-12-14-16-18-20-22-24-26-27-28-29-30-31-32-33-34-35-36-37-38-39-40-41-42-43-44-45-46-47-49-51-53-55-57-59-61-63-65-67-74(79)85-72(71-84-76(75(80)81)82-69-68-77(3,4)5)70-83-73(78)66-64-62-60-58-56-54-52-50-48-25-23-21-19-17-15-13-11-9-7-2/h8-11,14-17,20-23,26-27,29-30,32-33,35-36,38-39,41-42,44-45,47-50,54,56,60,62,72,76H,6-7,12-13,18-19,24-25,28,31,34,37,40,43,46,51-53,55,57-59,61,63-71H2,1-5H3/p+1/b10-8-,11-9-,16-14-,17-15-,22-20-,23-21-,27-26-,30-29-,33-32-,36-35-,39-38-,42-41-,45-44-,49-47-,50-48-,56-54-,62-60-. The third kappa shape index (κ3) is 65.3. The first-order valence-corrected chi connectivity index (χ1v) is 32.2. The molecule has 0 aliphatic rings. The molecule has 0 aromatic heterocycles. The number of aliphatic carboxylic acids is 1. The number of carboxylic acid groups (broad SMARTS) is 1. The predicted molar refractivity (Wildman–Crippen MR) is 363 cm³/mol. The van der Waals surface area contributed by atoms with E-state index in [1.807, 2.05) is 33.3 Å². The zero-order valence-electron chi connectivity index (χ0n) is 53.7. The first-order valence-electron chi connectivity index (χ1n) is 32.2. The van der Waals surface area contributed by atoms with Crippen LogP contribution in [0.2, 0.25) is 0 Å². The Morgan fingerprint density at radius 3 is 0.988 bits per heavy atom. The van der Waals surface area contributed by atoms with E-state index in [-0.39, 0.29) is 32.7 Å². The molecule has 0 radical (unpaired) electrons. The molecule has 0 saturated carbocycles. The highest BCUT2D eigenvalue weighted by atomic mass is 16.7. The topological polar surface area (TPSA) is 108 Å². The predicted octanol–water partition coefficient (Wildman–Crippen LogP) is 20.0. The molecule has 0 saturated heterocycles. The summed E-state index contributed by atoms with van der Waals surface area (Å²) < 4.78 is 22.8. The van der Waals surface area contributed by atoms with E-state index in [0.717, 1.165) is 141 Å². The van der Waals surface area contributed by atoms with Crippen LogP contribution >= 0.6 is 0 Å². The van der Waals surface area contributed by atoms with Gasteiger partial charge in [0.05, 0.1) is 34.4 Å².